The smallest absolute Gasteiger partial charge is 0.324 e. The van der Waals surface area contributed by atoms with Gasteiger partial charge in [-0.2, -0.15) is 13.2 Å². The minimum atomic E-state index is -4.69. The summed E-state index contributed by atoms with van der Waals surface area (Å²) < 4.78 is 49.8. The summed E-state index contributed by atoms with van der Waals surface area (Å²) in [5.74, 6) is -1.85. The first-order valence-electron chi connectivity index (χ1n) is 3.96. The Kier molecular flexibility index (Phi) is 3.09. The molecule has 0 heterocycles. The Morgan fingerprint density at radius 2 is 1.93 bits per heavy atom. The lowest BCUT2D eigenvalue weighted by molar-refractivity contribution is -0.137. The maximum absolute atomic E-state index is 12.7. The molecule has 82 valence electrons. The van der Waals surface area contributed by atoms with Gasteiger partial charge in [0.15, 0.2) is 5.78 Å². The van der Waals surface area contributed by atoms with Gasteiger partial charge in [0.25, 0.3) is 0 Å². The maximum atomic E-state index is 12.7. The average Bonchev–Trinajstić information content (AvgIpc) is 2.14. The molecule has 0 fully saturated rings. The highest BCUT2D eigenvalue weighted by Crippen LogP contribution is 2.32. The summed E-state index contributed by atoms with van der Waals surface area (Å²) in [6.07, 6.45) is -4.69. The van der Waals surface area contributed by atoms with Crippen LogP contribution >= 0.6 is 0 Å². The number of hydrogen-bond acceptors (Lipinski definition) is 2. The highest BCUT2D eigenvalue weighted by Gasteiger charge is 2.34. The fourth-order valence-corrected chi connectivity index (χ4v) is 1.10. The van der Waals surface area contributed by atoms with Crippen LogP contribution in [0.25, 0.3) is 0 Å². The van der Waals surface area contributed by atoms with Gasteiger partial charge in [0.2, 0.25) is 0 Å². The zero-order valence-corrected chi connectivity index (χ0v) is 7.44. The number of rotatable bonds is 2. The van der Waals surface area contributed by atoms with Gasteiger partial charge in [-0.3, -0.25) is 4.79 Å². The van der Waals surface area contributed by atoms with E-state index in [1.807, 2.05) is 0 Å². The molecule has 0 atom stereocenters. The zero-order chi connectivity index (χ0) is 11.6. The van der Waals surface area contributed by atoms with Gasteiger partial charge < -0.3 is 5.73 Å². The van der Waals surface area contributed by atoms with Crippen molar-refractivity contribution in [2.75, 3.05) is 6.54 Å². The molecule has 2 nitrogen and oxygen atoms in total. The van der Waals surface area contributed by atoms with E-state index in [-0.39, 0.29) is 0 Å². The van der Waals surface area contributed by atoms with Gasteiger partial charge in [0, 0.05) is 5.56 Å². The molecule has 0 spiro atoms. The van der Waals surface area contributed by atoms with Gasteiger partial charge in [0.1, 0.15) is 5.82 Å². The molecule has 0 saturated heterocycles. The molecule has 0 aliphatic carbocycles. The van der Waals surface area contributed by atoms with Gasteiger partial charge in [-0.25, -0.2) is 4.39 Å². The summed E-state index contributed by atoms with van der Waals surface area (Å²) in [5.41, 5.74) is 3.03. The van der Waals surface area contributed by atoms with Crippen LogP contribution in [0.5, 0.6) is 0 Å². The molecule has 0 amide bonds. The van der Waals surface area contributed by atoms with E-state index in [0.717, 1.165) is 0 Å². The third-order valence-corrected chi connectivity index (χ3v) is 1.77. The Morgan fingerprint density at radius 1 is 1.33 bits per heavy atom. The number of benzene rings is 1. The molecule has 0 aliphatic rings. The second-order valence-electron chi connectivity index (χ2n) is 2.81. The van der Waals surface area contributed by atoms with Crippen LogP contribution in [-0.4, -0.2) is 12.3 Å². The van der Waals surface area contributed by atoms with Gasteiger partial charge in [0.05, 0.1) is 12.1 Å². The van der Waals surface area contributed by atoms with Crippen LogP contribution in [0.1, 0.15) is 15.9 Å². The molecule has 6 heteroatoms. The Bertz CT molecular complexity index is 386. The first kappa shape index (κ1) is 11.6. The van der Waals surface area contributed by atoms with Crippen LogP contribution in [0, 0.1) is 5.82 Å². The third kappa shape index (κ3) is 2.53. The van der Waals surface area contributed by atoms with Crippen molar-refractivity contribution in [1.29, 1.82) is 0 Å². The largest absolute Gasteiger partial charge is 0.417 e. The summed E-state index contributed by atoms with van der Waals surface area (Å²) in [5, 5.41) is 0. The number of carbonyl (C=O) groups is 1. The Hall–Kier alpha value is -1.43. The van der Waals surface area contributed by atoms with Crippen LogP contribution in [-0.2, 0) is 6.18 Å². The van der Waals surface area contributed by atoms with Crippen molar-refractivity contribution < 1.29 is 22.4 Å². The number of carbonyl (C=O) groups excluding carboxylic acids is 1. The Balaban J connectivity index is 3.33. The monoisotopic (exact) mass is 221 g/mol. The van der Waals surface area contributed by atoms with Gasteiger partial charge in [-0.05, 0) is 18.2 Å². The van der Waals surface area contributed by atoms with E-state index in [1.165, 1.54) is 0 Å². The molecule has 1 rings (SSSR count). The predicted octanol–water partition coefficient (Wildman–Crippen LogP) is 1.99. The standard InChI is InChI=1S/C9H7F4NO/c10-5-1-2-7(9(11,12)13)6(3-5)8(15)4-14/h1-3H,4,14H2. The van der Waals surface area contributed by atoms with E-state index in [0.29, 0.717) is 18.2 Å². The molecule has 0 saturated carbocycles. The van der Waals surface area contributed by atoms with Crippen molar-refractivity contribution in [3.63, 3.8) is 0 Å². The topological polar surface area (TPSA) is 43.1 Å². The molecule has 2 N–H and O–H groups in total. The fourth-order valence-electron chi connectivity index (χ4n) is 1.10. The third-order valence-electron chi connectivity index (χ3n) is 1.77. The van der Waals surface area contributed by atoms with E-state index >= 15 is 0 Å². The average molecular weight is 221 g/mol. The SMILES string of the molecule is NCC(=O)c1cc(F)ccc1C(F)(F)F. The lowest BCUT2D eigenvalue weighted by Gasteiger charge is -2.11. The molecular weight excluding hydrogens is 214 g/mol. The number of halogens is 4. The molecule has 0 aromatic heterocycles. The lowest BCUT2D eigenvalue weighted by atomic mass is 10.0. The highest BCUT2D eigenvalue weighted by atomic mass is 19.4. The van der Waals surface area contributed by atoms with Crippen LogP contribution in [0.4, 0.5) is 17.6 Å². The lowest BCUT2D eigenvalue weighted by Crippen LogP contribution is -2.19. The zero-order valence-electron chi connectivity index (χ0n) is 7.44. The summed E-state index contributed by atoms with van der Waals surface area (Å²) in [4.78, 5) is 11.0. The van der Waals surface area contributed by atoms with E-state index in [1.54, 1.807) is 0 Å². The van der Waals surface area contributed by atoms with Crippen molar-refractivity contribution in [1.82, 2.24) is 0 Å². The van der Waals surface area contributed by atoms with Crippen molar-refractivity contribution in [3.8, 4) is 0 Å². The van der Waals surface area contributed by atoms with E-state index < -0.39 is 35.4 Å². The van der Waals surface area contributed by atoms with Crippen molar-refractivity contribution in [2.45, 2.75) is 6.18 Å². The first-order chi connectivity index (χ1) is 6.86. The van der Waals surface area contributed by atoms with Crippen LogP contribution < -0.4 is 5.73 Å². The minimum absolute atomic E-state index is 0.526. The van der Waals surface area contributed by atoms with Gasteiger partial charge in [-0.1, -0.05) is 0 Å². The van der Waals surface area contributed by atoms with E-state index in [9.17, 15) is 22.4 Å². The first-order valence-corrected chi connectivity index (χ1v) is 3.96. The maximum Gasteiger partial charge on any atom is 0.417 e. The number of alkyl halides is 3. The molecule has 0 bridgehead atoms. The summed E-state index contributed by atoms with van der Waals surface area (Å²) in [6, 6.07) is 1.71. The molecule has 1 aromatic rings. The summed E-state index contributed by atoms with van der Waals surface area (Å²) in [6.45, 7) is -0.591. The van der Waals surface area contributed by atoms with Gasteiger partial charge >= 0.3 is 6.18 Å². The Morgan fingerprint density at radius 3 is 2.40 bits per heavy atom. The van der Waals surface area contributed by atoms with Crippen LogP contribution in [0.3, 0.4) is 0 Å². The molecule has 0 unspecified atom stereocenters. The van der Waals surface area contributed by atoms with Crippen molar-refractivity contribution >= 4 is 5.78 Å². The van der Waals surface area contributed by atoms with E-state index in [2.05, 4.69) is 0 Å². The van der Waals surface area contributed by atoms with Crippen molar-refractivity contribution in [2.24, 2.45) is 5.73 Å². The minimum Gasteiger partial charge on any atom is -0.324 e. The summed E-state index contributed by atoms with van der Waals surface area (Å²) >= 11 is 0. The second kappa shape index (κ2) is 3.98. The normalized spacial score (nSPS) is 11.5. The molecule has 1 aromatic carbocycles. The number of ketones is 1. The predicted molar refractivity (Wildman–Crippen MR) is 44.8 cm³/mol. The molecular formula is C9H7F4NO. The van der Waals surface area contributed by atoms with Gasteiger partial charge in [-0.15, -0.1) is 0 Å². The summed E-state index contributed by atoms with van der Waals surface area (Å²) in [7, 11) is 0. The second-order valence-corrected chi connectivity index (χ2v) is 2.81. The number of hydrogen-bond donors (Lipinski definition) is 1. The van der Waals surface area contributed by atoms with Crippen LogP contribution in [0.15, 0.2) is 18.2 Å². The molecule has 0 aliphatic heterocycles. The van der Waals surface area contributed by atoms with Crippen molar-refractivity contribution in [3.05, 3.63) is 35.1 Å². The highest BCUT2D eigenvalue weighted by molar-refractivity contribution is 5.99. The van der Waals surface area contributed by atoms with Crippen LogP contribution in [0.2, 0.25) is 0 Å². The number of nitrogens with two attached hydrogens (primary N) is 1. The molecule has 15 heavy (non-hydrogen) atoms. The number of Topliss-reactive ketones (excluding diaryl/α,β-unsaturated/α-hetero) is 1. The molecule has 0 radical (unpaired) electrons. The van der Waals surface area contributed by atoms with E-state index in [4.69, 9.17) is 5.73 Å². The Labute approximate surface area is 82.7 Å². The quantitative estimate of drug-likeness (QED) is 0.613. The fraction of sp³-hybridized carbons (Fsp3) is 0.222.